The predicted molar refractivity (Wildman–Crippen MR) is 113 cm³/mol. The number of benzene rings is 1. The minimum atomic E-state index is -0.941. The molecule has 1 aromatic heterocycles. The molecule has 1 aliphatic heterocycles. The quantitative estimate of drug-likeness (QED) is 0.646. The van der Waals surface area contributed by atoms with Crippen molar-refractivity contribution in [2.75, 3.05) is 6.61 Å². The molecule has 3 amide bonds. The van der Waals surface area contributed by atoms with Crippen LogP contribution in [0, 0.1) is 0 Å². The van der Waals surface area contributed by atoms with E-state index in [-0.39, 0.29) is 19.6 Å². The molecule has 1 N–H and O–H groups in total. The van der Waals surface area contributed by atoms with Crippen molar-refractivity contribution in [3.05, 3.63) is 41.7 Å². The molecule has 1 aliphatic rings. The lowest BCUT2D eigenvalue weighted by atomic mass is 9.89. The maximum atomic E-state index is 12.9. The molecule has 10 heteroatoms. The van der Waals surface area contributed by atoms with E-state index >= 15 is 0 Å². The minimum Gasteiger partial charge on any atom is -0.487 e. The van der Waals surface area contributed by atoms with Crippen LogP contribution in [0.15, 0.2) is 30.5 Å². The largest absolute Gasteiger partial charge is 0.487 e. The topological polar surface area (TPSA) is 124 Å². The van der Waals surface area contributed by atoms with Gasteiger partial charge in [-0.25, -0.2) is 4.79 Å². The standard InChI is InChI=1S/C22H28N4O6/c1-22(2,3)32-21(30)26-19(28)10-9-18(20(26)29)15-5-7-17(8-6-15)31-14-16-13-25(24-23-16)11-4-12-27/h5-8,13,18,27H,4,9-12,14H2,1-3H3. The molecule has 1 aromatic carbocycles. The van der Waals surface area contributed by atoms with Crippen molar-refractivity contribution in [1.29, 1.82) is 0 Å². The van der Waals surface area contributed by atoms with Crippen LogP contribution in [0.4, 0.5) is 4.79 Å². The number of piperidine rings is 1. The smallest absolute Gasteiger partial charge is 0.424 e. The van der Waals surface area contributed by atoms with Crippen LogP contribution in [0.2, 0.25) is 0 Å². The Kier molecular flexibility index (Phi) is 7.24. The summed E-state index contributed by atoms with van der Waals surface area (Å²) in [6, 6.07) is 6.96. The molecule has 1 atom stereocenters. The zero-order chi connectivity index (χ0) is 23.3. The summed E-state index contributed by atoms with van der Waals surface area (Å²) in [5.41, 5.74) is 0.535. The molecule has 2 aromatic rings. The van der Waals surface area contributed by atoms with Crippen LogP contribution in [0.25, 0.3) is 0 Å². The summed E-state index contributed by atoms with van der Waals surface area (Å²) in [5, 5.41) is 16.9. The zero-order valence-corrected chi connectivity index (χ0v) is 18.5. The second-order valence-corrected chi connectivity index (χ2v) is 8.55. The average Bonchev–Trinajstić information content (AvgIpc) is 3.18. The van der Waals surface area contributed by atoms with Gasteiger partial charge in [0, 0.05) is 19.6 Å². The van der Waals surface area contributed by atoms with E-state index in [1.807, 2.05) is 0 Å². The number of rotatable bonds is 7. The normalized spacial score (nSPS) is 16.9. The Morgan fingerprint density at radius 3 is 2.59 bits per heavy atom. The Balaban J connectivity index is 1.62. The summed E-state index contributed by atoms with van der Waals surface area (Å²) >= 11 is 0. The number of hydrogen-bond donors (Lipinski definition) is 1. The number of ether oxygens (including phenoxy) is 2. The van der Waals surface area contributed by atoms with E-state index in [4.69, 9.17) is 14.6 Å². The number of likely N-dealkylation sites (tertiary alicyclic amines) is 1. The number of aromatic nitrogens is 3. The van der Waals surface area contributed by atoms with Crippen LogP contribution in [0.1, 0.15) is 57.2 Å². The molecule has 0 spiro atoms. The van der Waals surface area contributed by atoms with Gasteiger partial charge >= 0.3 is 6.09 Å². The van der Waals surface area contributed by atoms with Gasteiger partial charge in [0.1, 0.15) is 23.7 Å². The van der Waals surface area contributed by atoms with Crippen LogP contribution in [0.5, 0.6) is 5.75 Å². The van der Waals surface area contributed by atoms with Crippen molar-refractivity contribution in [3.8, 4) is 5.75 Å². The fourth-order valence-corrected chi connectivity index (χ4v) is 3.29. The van der Waals surface area contributed by atoms with Gasteiger partial charge in [0.2, 0.25) is 11.8 Å². The summed E-state index contributed by atoms with van der Waals surface area (Å²) < 4.78 is 12.6. The van der Waals surface area contributed by atoms with Crippen molar-refractivity contribution in [2.45, 2.75) is 64.7 Å². The number of aryl methyl sites for hydroxylation is 1. The van der Waals surface area contributed by atoms with Crippen molar-refractivity contribution >= 4 is 17.9 Å². The average molecular weight is 444 g/mol. The van der Waals surface area contributed by atoms with Crippen LogP contribution >= 0.6 is 0 Å². The summed E-state index contributed by atoms with van der Waals surface area (Å²) in [5.74, 6) is -1.15. The number of hydrogen-bond acceptors (Lipinski definition) is 8. The highest BCUT2D eigenvalue weighted by Crippen LogP contribution is 2.31. The molecule has 32 heavy (non-hydrogen) atoms. The third-order valence-corrected chi connectivity index (χ3v) is 4.79. The Labute approximate surface area is 186 Å². The maximum Gasteiger partial charge on any atom is 0.424 e. The van der Waals surface area contributed by atoms with E-state index in [2.05, 4.69) is 10.3 Å². The van der Waals surface area contributed by atoms with Crippen molar-refractivity contribution < 1.29 is 29.0 Å². The number of aliphatic hydroxyl groups is 1. The van der Waals surface area contributed by atoms with E-state index in [1.54, 1.807) is 55.9 Å². The molecule has 0 bridgehead atoms. The fourth-order valence-electron chi connectivity index (χ4n) is 3.29. The maximum absolute atomic E-state index is 12.9. The Bertz CT molecular complexity index is 964. The molecule has 3 rings (SSSR count). The number of nitrogens with zero attached hydrogens (tertiary/aromatic N) is 4. The van der Waals surface area contributed by atoms with E-state index in [1.165, 1.54) is 0 Å². The van der Waals surface area contributed by atoms with Gasteiger partial charge in [0.25, 0.3) is 0 Å². The first-order chi connectivity index (χ1) is 15.2. The molecule has 172 valence electrons. The summed E-state index contributed by atoms with van der Waals surface area (Å²) in [6.45, 7) is 5.92. The number of carbonyl (C=O) groups excluding carboxylic acids is 3. The van der Waals surface area contributed by atoms with E-state index < -0.39 is 29.4 Å². The van der Waals surface area contributed by atoms with Crippen molar-refractivity contribution in [2.24, 2.45) is 0 Å². The number of carbonyl (C=O) groups is 3. The van der Waals surface area contributed by atoms with Gasteiger partial charge in [-0.2, -0.15) is 4.90 Å². The third kappa shape index (κ3) is 5.91. The molecular formula is C22H28N4O6. The zero-order valence-electron chi connectivity index (χ0n) is 18.5. The lowest BCUT2D eigenvalue weighted by Gasteiger charge is -2.31. The van der Waals surface area contributed by atoms with Gasteiger partial charge in [-0.1, -0.05) is 17.3 Å². The van der Waals surface area contributed by atoms with Gasteiger partial charge in [-0.3, -0.25) is 14.3 Å². The summed E-state index contributed by atoms with van der Waals surface area (Å²) in [7, 11) is 0. The second-order valence-electron chi connectivity index (χ2n) is 8.55. The second kappa shape index (κ2) is 9.90. The molecule has 1 unspecified atom stereocenters. The minimum absolute atomic E-state index is 0.0832. The van der Waals surface area contributed by atoms with Gasteiger partial charge < -0.3 is 14.6 Å². The highest BCUT2D eigenvalue weighted by molar-refractivity contribution is 6.12. The highest BCUT2D eigenvalue weighted by Gasteiger charge is 2.41. The molecule has 2 heterocycles. The predicted octanol–water partition coefficient (Wildman–Crippen LogP) is 2.41. The van der Waals surface area contributed by atoms with Crippen LogP contribution in [0.3, 0.4) is 0 Å². The third-order valence-electron chi connectivity index (χ3n) is 4.79. The Hall–Kier alpha value is -3.27. The van der Waals surface area contributed by atoms with Crippen LogP contribution in [-0.2, 0) is 27.5 Å². The summed E-state index contributed by atoms with van der Waals surface area (Å²) in [6.07, 6.45) is 1.83. The number of amides is 3. The first kappa shape index (κ1) is 23.4. The van der Waals surface area contributed by atoms with Gasteiger partial charge in [0.05, 0.1) is 12.1 Å². The summed E-state index contributed by atoms with van der Waals surface area (Å²) in [4.78, 5) is 38.1. The lowest BCUT2D eigenvalue weighted by Crippen LogP contribution is -2.49. The SMILES string of the molecule is CC(C)(C)OC(=O)N1C(=O)CCC(c2ccc(OCc3cn(CCCO)nn3)cc2)C1=O. The van der Waals surface area contributed by atoms with Crippen LogP contribution < -0.4 is 4.74 Å². The number of aliphatic hydroxyl groups excluding tert-OH is 1. The highest BCUT2D eigenvalue weighted by atomic mass is 16.6. The Morgan fingerprint density at radius 2 is 1.94 bits per heavy atom. The van der Waals surface area contributed by atoms with E-state index in [0.717, 1.165) is 0 Å². The van der Waals surface area contributed by atoms with E-state index in [9.17, 15) is 14.4 Å². The van der Waals surface area contributed by atoms with Crippen LogP contribution in [-0.4, -0.2) is 55.1 Å². The molecule has 1 saturated heterocycles. The molecule has 10 nitrogen and oxygen atoms in total. The first-order valence-electron chi connectivity index (χ1n) is 10.5. The molecular weight excluding hydrogens is 416 g/mol. The first-order valence-corrected chi connectivity index (χ1v) is 10.5. The van der Waals surface area contributed by atoms with Gasteiger partial charge in [0.15, 0.2) is 0 Å². The van der Waals surface area contributed by atoms with Crippen molar-refractivity contribution in [3.63, 3.8) is 0 Å². The van der Waals surface area contributed by atoms with Gasteiger partial charge in [-0.15, -0.1) is 5.10 Å². The monoisotopic (exact) mass is 444 g/mol. The molecule has 0 saturated carbocycles. The van der Waals surface area contributed by atoms with E-state index in [0.29, 0.717) is 41.3 Å². The number of imide groups is 3. The van der Waals surface area contributed by atoms with Gasteiger partial charge in [-0.05, 0) is 51.3 Å². The Morgan fingerprint density at radius 1 is 1.22 bits per heavy atom. The molecule has 0 radical (unpaired) electrons. The fraction of sp³-hybridized carbons (Fsp3) is 0.500. The van der Waals surface area contributed by atoms with Crippen molar-refractivity contribution in [1.82, 2.24) is 19.9 Å². The molecule has 0 aliphatic carbocycles. The lowest BCUT2D eigenvalue weighted by molar-refractivity contribution is -0.147. The molecule has 1 fully saturated rings.